The van der Waals surface area contributed by atoms with Crippen LogP contribution in [0.4, 0.5) is 0 Å². The maximum atomic E-state index is 11.3. The summed E-state index contributed by atoms with van der Waals surface area (Å²) in [6.45, 7) is 3.96. The molecule has 1 heterocycles. The van der Waals surface area contributed by atoms with Gasteiger partial charge in [0, 0.05) is 33.3 Å². The smallest absolute Gasteiger partial charge is 0.233 e. The first-order valence-corrected chi connectivity index (χ1v) is 5.91. The van der Waals surface area contributed by atoms with E-state index < -0.39 is 0 Å². The highest BCUT2D eigenvalue weighted by Crippen LogP contribution is 2.06. The van der Waals surface area contributed by atoms with Crippen LogP contribution in [0.3, 0.4) is 0 Å². The predicted octanol–water partition coefficient (Wildman–Crippen LogP) is -0.567. The normalized spacial score (nSPS) is 20.3. The van der Waals surface area contributed by atoms with E-state index in [0.29, 0.717) is 19.2 Å². The molecule has 1 aliphatic rings. The van der Waals surface area contributed by atoms with Crippen molar-refractivity contribution in [2.75, 3.05) is 46.9 Å². The average molecular weight is 229 g/mol. The highest BCUT2D eigenvalue weighted by atomic mass is 16.5. The maximum Gasteiger partial charge on any atom is 0.233 e. The summed E-state index contributed by atoms with van der Waals surface area (Å²) in [5.41, 5.74) is 0. The van der Waals surface area contributed by atoms with Crippen LogP contribution in [0.5, 0.6) is 0 Å². The van der Waals surface area contributed by atoms with Crippen molar-refractivity contribution in [3.05, 3.63) is 0 Å². The Kier molecular flexibility index (Phi) is 6.37. The molecular formula is C11H23N3O2. The topological polar surface area (TPSA) is 53.6 Å². The van der Waals surface area contributed by atoms with E-state index in [9.17, 15) is 4.79 Å². The van der Waals surface area contributed by atoms with Gasteiger partial charge in [0.25, 0.3) is 0 Å². The zero-order chi connectivity index (χ0) is 11.8. The van der Waals surface area contributed by atoms with Crippen LogP contribution in [0, 0.1) is 0 Å². The van der Waals surface area contributed by atoms with Gasteiger partial charge in [-0.3, -0.25) is 9.69 Å². The molecule has 0 saturated carbocycles. The molecule has 1 amide bonds. The Morgan fingerprint density at radius 2 is 2.44 bits per heavy atom. The number of amides is 1. The number of carbonyl (C=O) groups is 1. The van der Waals surface area contributed by atoms with Crippen molar-refractivity contribution in [2.24, 2.45) is 0 Å². The molecular weight excluding hydrogens is 206 g/mol. The van der Waals surface area contributed by atoms with Gasteiger partial charge in [0.2, 0.25) is 5.91 Å². The van der Waals surface area contributed by atoms with Crippen molar-refractivity contribution < 1.29 is 9.53 Å². The zero-order valence-corrected chi connectivity index (χ0v) is 10.3. The van der Waals surface area contributed by atoms with Crippen LogP contribution in [-0.4, -0.2) is 63.8 Å². The summed E-state index contributed by atoms with van der Waals surface area (Å²) in [6.07, 6.45) is 2.44. The molecule has 0 spiro atoms. The lowest BCUT2D eigenvalue weighted by atomic mass is 10.2. The molecule has 0 radical (unpaired) electrons. The van der Waals surface area contributed by atoms with Crippen LogP contribution in [-0.2, 0) is 9.53 Å². The molecule has 1 saturated heterocycles. The van der Waals surface area contributed by atoms with Gasteiger partial charge in [0.15, 0.2) is 0 Å². The maximum absolute atomic E-state index is 11.3. The van der Waals surface area contributed by atoms with Gasteiger partial charge >= 0.3 is 0 Å². The van der Waals surface area contributed by atoms with Crippen molar-refractivity contribution in [2.45, 2.75) is 18.9 Å². The van der Waals surface area contributed by atoms with Crippen molar-refractivity contribution >= 4 is 5.91 Å². The number of hydrogen-bond acceptors (Lipinski definition) is 4. The number of ether oxygens (including phenoxy) is 1. The minimum absolute atomic E-state index is 0.0640. The second kappa shape index (κ2) is 7.60. The quantitative estimate of drug-likeness (QED) is 0.614. The van der Waals surface area contributed by atoms with Crippen LogP contribution in [0.25, 0.3) is 0 Å². The number of rotatable bonds is 7. The van der Waals surface area contributed by atoms with Crippen molar-refractivity contribution in [3.63, 3.8) is 0 Å². The molecule has 1 rings (SSSR count). The van der Waals surface area contributed by atoms with Gasteiger partial charge in [-0.2, -0.15) is 0 Å². The molecule has 0 aromatic heterocycles. The van der Waals surface area contributed by atoms with Crippen LogP contribution in [0.2, 0.25) is 0 Å². The first-order chi connectivity index (χ1) is 7.76. The van der Waals surface area contributed by atoms with E-state index in [4.69, 9.17) is 4.74 Å². The van der Waals surface area contributed by atoms with Crippen molar-refractivity contribution in [3.8, 4) is 0 Å². The Morgan fingerprint density at radius 3 is 3.00 bits per heavy atom. The number of likely N-dealkylation sites (N-methyl/N-ethyl adjacent to an activating group) is 1. The molecule has 5 heteroatoms. The second-order valence-corrected chi connectivity index (χ2v) is 4.19. The first kappa shape index (κ1) is 13.4. The number of hydrogen-bond donors (Lipinski definition) is 2. The Hall–Kier alpha value is -0.650. The Balaban J connectivity index is 2.32. The van der Waals surface area contributed by atoms with Gasteiger partial charge in [-0.25, -0.2) is 0 Å². The minimum atomic E-state index is 0.0640. The lowest BCUT2D eigenvalue weighted by molar-refractivity contribution is -0.121. The van der Waals surface area contributed by atoms with E-state index in [0.717, 1.165) is 19.6 Å². The van der Waals surface area contributed by atoms with Gasteiger partial charge in [-0.1, -0.05) is 0 Å². The molecule has 1 unspecified atom stereocenters. The van der Waals surface area contributed by atoms with E-state index in [1.165, 1.54) is 12.8 Å². The summed E-state index contributed by atoms with van der Waals surface area (Å²) in [6, 6.07) is 0.529. The predicted molar refractivity (Wildman–Crippen MR) is 63.4 cm³/mol. The summed E-state index contributed by atoms with van der Waals surface area (Å²) in [4.78, 5) is 13.5. The fourth-order valence-corrected chi connectivity index (χ4v) is 1.96. The fourth-order valence-electron chi connectivity index (χ4n) is 1.96. The van der Waals surface area contributed by atoms with Crippen molar-refractivity contribution in [1.82, 2.24) is 15.5 Å². The second-order valence-electron chi connectivity index (χ2n) is 4.19. The Morgan fingerprint density at radius 1 is 1.62 bits per heavy atom. The zero-order valence-electron chi connectivity index (χ0n) is 10.3. The fraction of sp³-hybridized carbons (Fsp3) is 0.909. The first-order valence-electron chi connectivity index (χ1n) is 5.91. The van der Waals surface area contributed by atoms with Gasteiger partial charge in [-0.05, 0) is 19.4 Å². The van der Waals surface area contributed by atoms with E-state index in [-0.39, 0.29) is 5.91 Å². The van der Waals surface area contributed by atoms with E-state index in [1.54, 1.807) is 14.2 Å². The molecule has 0 aromatic rings. The third-order valence-electron chi connectivity index (χ3n) is 2.90. The van der Waals surface area contributed by atoms with E-state index >= 15 is 0 Å². The van der Waals surface area contributed by atoms with Crippen LogP contribution < -0.4 is 10.6 Å². The number of methoxy groups -OCH3 is 1. The Bertz CT molecular complexity index is 205. The lowest BCUT2D eigenvalue weighted by Gasteiger charge is -2.24. The molecule has 0 aromatic carbocycles. The summed E-state index contributed by atoms with van der Waals surface area (Å²) in [5, 5.41) is 6.10. The largest absolute Gasteiger partial charge is 0.383 e. The number of nitrogens with one attached hydrogen (secondary N) is 2. The van der Waals surface area contributed by atoms with E-state index in [2.05, 4.69) is 15.5 Å². The summed E-state index contributed by atoms with van der Waals surface area (Å²) >= 11 is 0. The SMILES string of the molecule is CNC(=O)CN(CCOC)CC1CCCN1. The molecule has 1 aliphatic heterocycles. The number of nitrogens with zero attached hydrogens (tertiary/aromatic N) is 1. The minimum Gasteiger partial charge on any atom is -0.383 e. The third kappa shape index (κ3) is 4.92. The monoisotopic (exact) mass is 229 g/mol. The average Bonchev–Trinajstić information content (AvgIpc) is 2.78. The van der Waals surface area contributed by atoms with Crippen LogP contribution in [0.1, 0.15) is 12.8 Å². The molecule has 2 N–H and O–H groups in total. The van der Waals surface area contributed by atoms with Crippen LogP contribution in [0.15, 0.2) is 0 Å². The molecule has 1 atom stereocenters. The van der Waals surface area contributed by atoms with Crippen LogP contribution >= 0.6 is 0 Å². The summed E-state index contributed by atoms with van der Waals surface area (Å²) in [5.74, 6) is 0.0640. The Labute approximate surface area is 97.5 Å². The molecule has 5 nitrogen and oxygen atoms in total. The lowest BCUT2D eigenvalue weighted by Crippen LogP contribution is -2.43. The van der Waals surface area contributed by atoms with Crippen molar-refractivity contribution in [1.29, 1.82) is 0 Å². The number of carbonyl (C=O) groups excluding carboxylic acids is 1. The van der Waals surface area contributed by atoms with E-state index in [1.807, 2.05) is 0 Å². The molecule has 94 valence electrons. The standard InChI is InChI=1S/C11H23N3O2/c1-12-11(15)9-14(6-7-16-2)8-10-4-3-5-13-10/h10,13H,3-9H2,1-2H3,(H,12,15). The van der Waals surface area contributed by atoms with Gasteiger partial charge < -0.3 is 15.4 Å². The highest BCUT2D eigenvalue weighted by Gasteiger charge is 2.18. The molecule has 1 fully saturated rings. The van der Waals surface area contributed by atoms with Gasteiger partial charge in [0.05, 0.1) is 13.2 Å². The summed E-state index contributed by atoms with van der Waals surface area (Å²) < 4.78 is 5.06. The molecule has 0 bridgehead atoms. The highest BCUT2D eigenvalue weighted by molar-refractivity contribution is 5.77. The van der Waals surface area contributed by atoms with Gasteiger partial charge in [-0.15, -0.1) is 0 Å². The van der Waals surface area contributed by atoms with Gasteiger partial charge in [0.1, 0.15) is 0 Å². The molecule has 16 heavy (non-hydrogen) atoms. The summed E-state index contributed by atoms with van der Waals surface area (Å²) in [7, 11) is 3.36. The molecule has 0 aliphatic carbocycles. The third-order valence-corrected chi connectivity index (χ3v) is 2.90.